The van der Waals surface area contributed by atoms with Crippen molar-refractivity contribution in [3.8, 4) is 0 Å². The second kappa shape index (κ2) is 4.87. The number of anilines is 1. The Morgan fingerprint density at radius 3 is 2.64 bits per heavy atom. The Morgan fingerprint density at radius 2 is 1.95 bits per heavy atom. The highest BCUT2D eigenvalue weighted by Gasteiger charge is 2.17. The average molecular weight is 299 g/mol. The van der Waals surface area contributed by atoms with Crippen molar-refractivity contribution >= 4 is 22.6 Å². The van der Waals surface area contributed by atoms with Crippen LogP contribution >= 0.6 is 0 Å². The summed E-state index contributed by atoms with van der Waals surface area (Å²) >= 11 is 0. The smallest absolute Gasteiger partial charge is 0.322 e. The monoisotopic (exact) mass is 299 g/mol. The zero-order valence-corrected chi connectivity index (χ0v) is 12.6. The van der Waals surface area contributed by atoms with Crippen LogP contribution in [0.5, 0.6) is 0 Å². The number of nitrogens with one attached hydrogen (secondary N) is 3. The number of carbonyl (C=O) groups is 1. The maximum absolute atomic E-state index is 12.3. The Bertz CT molecular complexity index is 894. The fraction of sp³-hybridized carbons (Fsp3) is 0.267. The molecule has 0 spiro atoms. The molecule has 7 heteroatoms. The van der Waals surface area contributed by atoms with Crippen molar-refractivity contribution in [1.82, 2.24) is 19.7 Å². The van der Waals surface area contributed by atoms with Crippen LogP contribution in [0.25, 0.3) is 11.0 Å². The first-order chi connectivity index (χ1) is 10.3. The molecule has 3 rings (SSSR count). The van der Waals surface area contributed by atoms with Gasteiger partial charge in [-0.15, -0.1) is 0 Å². The number of nitrogens with zero attached hydrogens (tertiary/aromatic N) is 2. The van der Waals surface area contributed by atoms with Gasteiger partial charge in [0.2, 0.25) is 0 Å². The van der Waals surface area contributed by atoms with Crippen molar-refractivity contribution in [2.24, 2.45) is 0 Å². The summed E-state index contributed by atoms with van der Waals surface area (Å²) in [5.74, 6) is -0.243. The van der Waals surface area contributed by atoms with E-state index in [1.165, 1.54) is 6.20 Å². The molecule has 2 aromatic heterocycles. The molecule has 7 nitrogen and oxygen atoms in total. The van der Waals surface area contributed by atoms with Crippen LogP contribution in [-0.4, -0.2) is 25.7 Å². The van der Waals surface area contributed by atoms with Crippen molar-refractivity contribution in [1.29, 1.82) is 0 Å². The summed E-state index contributed by atoms with van der Waals surface area (Å²) in [5.41, 5.74) is 1.98. The third-order valence-corrected chi connectivity index (χ3v) is 3.31. The SMILES string of the molecule is CC(C)(C)n1cc(C(=O)Nc2ccc3[nH]c(=O)[nH]c3c2)cn1. The van der Waals surface area contributed by atoms with Crippen molar-refractivity contribution in [3.05, 3.63) is 46.6 Å². The van der Waals surface area contributed by atoms with Gasteiger partial charge in [0.1, 0.15) is 0 Å². The summed E-state index contributed by atoms with van der Waals surface area (Å²) < 4.78 is 1.74. The molecule has 0 atom stereocenters. The van der Waals surface area contributed by atoms with E-state index in [0.717, 1.165) is 0 Å². The van der Waals surface area contributed by atoms with Gasteiger partial charge in [0.05, 0.1) is 28.3 Å². The maximum atomic E-state index is 12.3. The summed E-state index contributed by atoms with van der Waals surface area (Å²) in [6.07, 6.45) is 3.25. The quantitative estimate of drug-likeness (QED) is 0.676. The van der Waals surface area contributed by atoms with E-state index < -0.39 is 0 Å². The number of H-pyrrole nitrogens is 2. The van der Waals surface area contributed by atoms with Gasteiger partial charge in [-0.25, -0.2) is 4.79 Å². The molecular formula is C15H17N5O2. The number of amides is 1. The molecule has 22 heavy (non-hydrogen) atoms. The van der Waals surface area contributed by atoms with E-state index in [4.69, 9.17) is 0 Å². The van der Waals surface area contributed by atoms with Crippen molar-refractivity contribution in [2.45, 2.75) is 26.3 Å². The van der Waals surface area contributed by atoms with Crippen LogP contribution < -0.4 is 11.0 Å². The van der Waals surface area contributed by atoms with Crippen molar-refractivity contribution in [2.75, 3.05) is 5.32 Å². The lowest BCUT2D eigenvalue weighted by atomic mass is 10.1. The molecule has 0 saturated carbocycles. The molecule has 0 aliphatic carbocycles. The molecule has 1 amide bonds. The fourth-order valence-electron chi connectivity index (χ4n) is 2.12. The Balaban J connectivity index is 1.83. The maximum Gasteiger partial charge on any atom is 0.323 e. The number of benzene rings is 1. The minimum absolute atomic E-state index is 0.179. The zero-order valence-electron chi connectivity index (χ0n) is 12.6. The average Bonchev–Trinajstić information content (AvgIpc) is 3.02. The van der Waals surface area contributed by atoms with Gasteiger partial charge in [0.25, 0.3) is 5.91 Å². The first-order valence-corrected chi connectivity index (χ1v) is 6.91. The van der Waals surface area contributed by atoms with Gasteiger partial charge in [0.15, 0.2) is 0 Å². The summed E-state index contributed by atoms with van der Waals surface area (Å²) in [5, 5.41) is 7.00. The van der Waals surface area contributed by atoms with E-state index in [1.54, 1.807) is 29.1 Å². The number of rotatable bonds is 2. The van der Waals surface area contributed by atoms with Crippen LogP contribution in [0.3, 0.4) is 0 Å². The molecule has 0 unspecified atom stereocenters. The molecule has 0 aliphatic heterocycles. The number of imidazole rings is 1. The molecule has 3 N–H and O–H groups in total. The molecular weight excluding hydrogens is 282 g/mol. The first-order valence-electron chi connectivity index (χ1n) is 6.91. The van der Waals surface area contributed by atoms with Crippen LogP contribution in [0, 0.1) is 0 Å². The Labute approximate surface area is 126 Å². The van der Waals surface area contributed by atoms with Crippen LogP contribution in [-0.2, 0) is 5.54 Å². The highest BCUT2D eigenvalue weighted by Crippen LogP contribution is 2.17. The molecule has 0 aliphatic rings. The van der Waals surface area contributed by atoms with Crippen LogP contribution in [0.15, 0.2) is 35.4 Å². The number of hydrogen-bond acceptors (Lipinski definition) is 3. The highest BCUT2D eigenvalue weighted by atomic mass is 16.2. The minimum Gasteiger partial charge on any atom is -0.322 e. The predicted octanol–water partition coefficient (Wildman–Crippen LogP) is 2.06. The lowest BCUT2D eigenvalue weighted by Crippen LogP contribution is -2.22. The van der Waals surface area contributed by atoms with Gasteiger partial charge in [0, 0.05) is 11.9 Å². The topological polar surface area (TPSA) is 95.6 Å². The minimum atomic E-state index is -0.273. The van der Waals surface area contributed by atoms with E-state index in [9.17, 15) is 9.59 Å². The largest absolute Gasteiger partial charge is 0.323 e. The van der Waals surface area contributed by atoms with Crippen molar-refractivity contribution < 1.29 is 4.79 Å². The normalized spacial score (nSPS) is 11.8. The molecule has 0 fully saturated rings. The van der Waals surface area contributed by atoms with Crippen molar-refractivity contribution in [3.63, 3.8) is 0 Å². The van der Waals surface area contributed by atoms with Gasteiger partial charge in [-0.2, -0.15) is 5.10 Å². The second-order valence-corrected chi connectivity index (χ2v) is 6.14. The van der Waals surface area contributed by atoms with E-state index in [0.29, 0.717) is 22.3 Å². The molecule has 2 heterocycles. The lowest BCUT2D eigenvalue weighted by molar-refractivity contribution is 0.102. The molecule has 1 aromatic carbocycles. The third-order valence-electron chi connectivity index (χ3n) is 3.31. The van der Waals surface area contributed by atoms with E-state index >= 15 is 0 Å². The standard InChI is InChI=1S/C15H17N5O2/c1-15(2,3)20-8-9(7-16-20)13(21)17-10-4-5-11-12(6-10)19-14(22)18-11/h4-8H,1-3H3,(H,17,21)(H2,18,19,22). The Morgan fingerprint density at radius 1 is 1.23 bits per heavy atom. The number of hydrogen-bond donors (Lipinski definition) is 3. The summed E-state index contributed by atoms with van der Waals surface area (Å²) in [4.78, 5) is 28.8. The number of carbonyl (C=O) groups excluding carboxylic acids is 1. The fourth-order valence-corrected chi connectivity index (χ4v) is 2.12. The zero-order chi connectivity index (χ0) is 15.9. The van der Waals surface area contributed by atoms with E-state index in [-0.39, 0.29) is 17.1 Å². The molecule has 0 radical (unpaired) electrons. The first kappa shape index (κ1) is 14.1. The highest BCUT2D eigenvalue weighted by molar-refractivity contribution is 6.04. The van der Waals surface area contributed by atoms with Crippen LogP contribution in [0.4, 0.5) is 5.69 Å². The van der Waals surface area contributed by atoms with Gasteiger partial charge in [-0.1, -0.05) is 0 Å². The number of aromatic amines is 2. The third kappa shape index (κ3) is 2.65. The lowest BCUT2D eigenvalue weighted by Gasteiger charge is -2.18. The van der Waals surface area contributed by atoms with Crippen LogP contribution in [0.1, 0.15) is 31.1 Å². The molecule has 0 saturated heterocycles. The van der Waals surface area contributed by atoms with E-state index in [2.05, 4.69) is 20.4 Å². The predicted molar refractivity (Wildman–Crippen MR) is 84.1 cm³/mol. The molecule has 0 bridgehead atoms. The molecule has 114 valence electrons. The van der Waals surface area contributed by atoms with E-state index in [1.807, 2.05) is 20.8 Å². The second-order valence-electron chi connectivity index (χ2n) is 6.14. The molecule has 3 aromatic rings. The van der Waals surface area contributed by atoms with Gasteiger partial charge in [-0.05, 0) is 39.0 Å². The van der Waals surface area contributed by atoms with Gasteiger partial charge < -0.3 is 15.3 Å². The van der Waals surface area contributed by atoms with Crippen LogP contribution in [0.2, 0.25) is 0 Å². The van der Waals surface area contributed by atoms with Gasteiger partial charge in [-0.3, -0.25) is 9.48 Å². The Hall–Kier alpha value is -2.83. The Kier molecular flexibility index (Phi) is 3.13. The number of fused-ring (bicyclic) bond motifs is 1. The summed E-state index contributed by atoms with van der Waals surface area (Å²) in [7, 11) is 0. The number of aromatic nitrogens is 4. The van der Waals surface area contributed by atoms with Gasteiger partial charge >= 0.3 is 5.69 Å². The summed E-state index contributed by atoms with van der Waals surface area (Å²) in [6.45, 7) is 6.04. The summed E-state index contributed by atoms with van der Waals surface area (Å²) in [6, 6.07) is 5.18.